The molecule has 1 aliphatic heterocycles. The van der Waals surface area contributed by atoms with Gasteiger partial charge in [-0.15, -0.1) is 26.3 Å². The van der Waals surface area contributed by atoms with Crippen molar-refractivity contribution < 1.29 is 45.4 Å². The van der Waals surface area contributed by atoms with Crippen LogP contribution in [0.2, 0.25) is 0 Å². The molecule has 166 valence electrons. The van der Waals surface area contributed by atoms with Crippen LogP contribution >= 0.6 is 0 Å². The molecule has 2 aromatic rings. The second-order valence-corrected chi connectivity index (χ2v) is 6.51. The van der Waals surface area contributed by atoms with E-state index in [-0.39, 0.29) is 18.7 Å². The summed E-state index contributed by atoms with van der Waals surface area (Å²) in [4.78, 5) is 25.9. The third-order valence-electron chi connectivity index (χ3n) is 4.23. The molecule has 0 bridgehead atoms. The van der Waals surface area contributed by atoms with Gasteiger partial charge in [0.15, 0.2) is 0 Å². The predicted octanol–water partition coefficient (Wildman–Crippen LogP) is 4.48. The van der Waals surface area contributed by atoms with E-state index in [1.165, 1.54) is 29.2 Å². The molecule has 2 aromatic carbocycles. The van der Waals surface area contributed by atoms with Crippen LogP contribution in [-0.4, -0.2) is 31.1 Å². The minimum Gasteiger partial charge on any atom is -0.406 e. The molecule has 0 radical (unpaired) electrons. The second kappa shape index (κ2) is 8.36. The molecule has 0 aromatic heterocycles. The highest BCUT2D eigenvalue weighted by Crippen LogP contribution is 2.30. The van der Waals surface area contributed by atoms with E-state index >= 15 is 0 Å². The summed E-state index contributed by atoms with van der Waals surface area (Å²) >= 11 is 0. The molecular formula is C19H14F6N2O4. The molecular weight excluding hydrogens is 434 g/mol. The molecule has 0 spiro atoms. The summed E-state index contributed by atoms with van der Waals surface area (Å²) in [6.07, 6.45) is -9.82. The Bertz CT molecular complexity index is 942. The number of hydrogen-bond donors (Lipinski definition) is 1. The van der Waals surface area contributed by atoms with Crippen molar-refractivity contribution in [2.24, 2.45) is 5.92 Å². The number of amides is 2. The monoisotopic (exact) mass is 448 g/mol. The number of nitrogens with one attached hydrogen (secondary N) is 1. The molecule has 1 saturated heterocycles. The van der Waals surface area contributed by atoms with Gasteiger partial charge < -0.3 is 19.7 Å². The van der Waals surface area contributed by atoms with Gasteiger partial charge in [0.1, 0.15) is 11.5 Å². The maximum Gasteiger partial charge on any atom is 0.573 e. The van der Waals surface area contributed by atoms with Crippen molar-refractivity contribution in [2.45, 2.75) is 19.1 Å². The van der Waals surface area contributed by atoms with Crippen molar-refractivity contribution in [3.8, 4) is 11.5 Å². The molecule has 0 aliphatic carbocycles. The number of carbonyl (C=O) groups is 2. The summed E-state index contributed by atoms with van der Waals surface area (Å²) in [5.74, 6) is -2.60. The minimum absolute atomic E-state index is 0.0145. The number of hydrogen-bond acceptors (Lipinski definition) is 4. The Morgan fingerprint density at radius 2 is 1.35 bits per heavy atom. The summed E-state index contributed by atoms with van der Waals surface area (Å²) in [5.41, 5.74) is 0.502. The Balaban J connectivity index is 1.60. The third kappa shape index (κ3) is 6.27. The molecule has 3 rings (SSSR count). The molecule has 12 heteroatoms. The molecule has 1 fully saturated rings. The number of anilines is 2. The van der Waals surface area contributed by atoms with Gasteiger partial charge in [-0.05, 0) is 48.5 Å². The zero-order valence-corrected chi connectivity index (χ0v) is 15.5. The van der Waals surface area contributed by atoms with Gasteiger partial charge >= 0.3 is 12.7 Å². The lowest BCUT2D eigenvalue weighted by Crippen LogP contribution is -2.28. The van der Waals surface area contributed by atoms with Gasteiger partial charge in [0.2, 0.25) is 11.8 Å². The fraction of sp³-hybridized carbons (Fsp3) is 0.263. The molecule has 31 heavy (non-hydrogen) atoms. The SMILES string of the molecule is O=C(Nc1ccc(OC(F)(F)F)cc1)C1CC(=O)N(c2ccc(OC(F)(F)F)cc2)C1. The van der Waals surface area contributed by atoms with Crippen LogP contribution in [0, 0.1) is 5.92 Å². The van der Waals surface area contributed by atoms with Crippen molar-refractivity contribution in [1.29, 1.82) is 0 Å². The number of alkyl halides is 6. The third-order valence-corrected chi connectivity index (χ3v) is 4.23. The maximum atomic E-state index is 12.4. The van der Waals surface area contributed by atoms with Crippen LogP contribution in [0.15, 0.2) is 48.5 Å². The second-order valence-electron chi connectivity index (χ2n) is 6.51. The van der Waals surface area contributed by atoms with Crippen LogP contribution in [0.1, 0.15) is 6.42 Å². The van der Waals surface area contributed by atoms with Crippen LogP contribution in [0.3, 0.4) is 0 Å². The van der Waals surface area contributed by atoms with Gasteiger partial charge in [-0.2, -0.15) is 0 Å². The van der Waals surface area contributed by atoms with Crippen LogP contribution in [0.4, 0.5) is 37.7 Å². The van der Waals surface area contributed by atoms with E-state index in [9.17, 15) is 35.9 Å². The summed E-state index contributed by atoms with van der Waals surface area (Å²) in [5, 5.41) is 2.50. The lowest BCUT2D eigenvalue weighted by atomic mass is 10.1. The van der Waals surface area contributed by atoms with E-state index in [4.69, 9.17) is 0 Å². The standard InChI is InChI=1S/C19H14F6N2O4/c20-18(21,22)30-14-5-1-12(2-6-14)26-17(29)11-9-16(28)27(10-11)13-3-7-15(8-4-13)31-19(23,24)25/h1-8,11H,9-10H2,(H,26,29). The number of carbonyl (C=O) groups excluding carboxylic acids is 2. The van der Waals surface area contributed by atoms with Crippen LogP contribution < -0.4 is 19.7 Å². The van der Waals surface area contributed by atoms with Crippen molar-refractivity contribution in [3.05, 3.63) is 48.5 Å². The summed E-state index contributed by atoms with van der Waals surface area (Å²) < 4.78 is 80.7. The molecule has 6 nitrogen and oxygen atoms in total. The summed E-state index contributed by atoms with van der Waals surface area (Å²) in [6.45, 7) is -0.0145. The normalized spacial score (nSPS) is 16.9. The van der Waals surface area contributed by atoms with E-state index in [0.29, 0.717) is 5.69 Å². The van der Waals surface area contributed by atoms with Crippen LogP contribution in [0.25, 0.3) is 0 Å². The highest BCUT2D eigenvalue weighted by Gasteiger charge is 2.36. The fourth-order valence-electron chi connectivity index (χ4n) is 2.94. The van der Waals surface area contributed by atoms with Crippen molar-refractivity contribution in [1.82, 2.24) is 0 Å². The summed E-state index contributed by atoms with van der Waals surface area (Å²) in [7, 11) is 0. The number of ether oxygens (including phenoxy) is 2. The smallest absolute Gasteiger partial charge is 0.406 e. The van der Waals surface area contributed by atoms with Crippen molar-refractivity contribution in [3.63, 3.8) is 0 Å². The Labute approximate surface area is 171 Å². The Kier molecular flexibility index (Phi) is 6.00. The Morgan fingerprint density at radius 1 is 0.871 bits per heavy atom. The minimum atomic E-state index is -4.84. The van der Waals surface area contributed by atoms with Gasteiger partial charge in [-0.1, -0.05) is 0 Å². The number of nitrogens with zero attached hydrogens (tertiary/aromatic N) is 1. The van der Waals surface area contributed by atoms with Gasteiger partial charge in [0.05, 0.1) is 5.92 Å². The molecule has 1 unspecified atom stereocenters. The molecule has 1 aliphatic rings. The average Bonchev–Trinajstić information content (AvgIpc) is 3.03. The van der Waals surface area contributed by atoms with E-state index < -0.39 is 42.0 Å². The van der Waals surface area contributed by atoms with Crippen molar-refractivity contribution >= 4 is 23.2 Å². The zero-order chi connectivity index (χ0) is 22.8. The predicted molar refractivity (Wildman–Crippen MR) is 95.3 cm³/mol. The van der Waals surface area contributed by atoms with Gasteiger partial charge in [-0.3, -0.25) is 9.59 Å². The molecule has 1 atom stereocenters. The highest BCUT2D eigenvalue weighted by molar-refractivity contribution is 6.03. The lowest BCUT2D eigenvalue weighted by Gasteiger charge is -2.17. The van der Waals surface area contributed by atoms with E-state index in [1.54, 1.807) is 0 Å². The van der Waals surface area contributed by atoms with Crippen LogP contribution in [-0.2, 0) is 9.59 Å². The van der Waals surface area contributed by atoms with Crippen LogP contribution in [0.5, 0.6) is 11.5 Å². The quantitative estimate of drug-likeness (QED) is 0.686. The molecule has 2 amide bonds. The molecule has 1 N–H and O–H groups in total. The first-order chi connectivity index (χ1) is 14.4. The largest absolute Gasteiger partial charge is 0.573 e. The van der Waals surface area contributed by atoms with E-state index in [2.05, 4.69) is 14.8 Å². The lowest BCUT2D eigenvalue weighted by molar-refractivity contribution is -0.275. The number of benzene rings is 2. The van der Waals surface area contributed by atoms with Gasteiger partial charge in [0, 0.05) is 24.3 Å². The fourth-order valence-corrected chi connectivity index (χ4v) is 2.94. The van der Waals surface area contributed by atoms with Gasteiger partial charge in [0.25, 0.3) is 0 Å². The van der Waals surface area contributed by atoms with E-state index in [0.717, 1.165) is 24.3 Å². The zero-order valence-electron chi connectivity index (χ0n) is 15.5. The summed E-state index contributed by atoms with van der Waals surface area (Å²) in [6, 6.07) is 9.11. The first kappa shape index (κ1) is 22.2. The Morgan fingerprint density at radius 3 is 1.84 bits per heavy atom. The topological polar surface area (TPSA) is 67.9 Å². The Hall–Kier alpha value is -3.44. The first-order valence-electron chi connectivity index (χ1n) is 8.72. The first-order valence-corrected chi connectivity index (χ1v) is 8.72. The van der Waals surface area contributed by atoms with Crippen molar-refractivity contribution in [2.75, 3.05) is 16.8 Å². The molecule has 0 saturated carbocycles. The van der Waals surface area contributed by atoms with E-state index in [1.807, 2.05) is 0 Å². The molecule has 1 heterocycles. The highest BCUT2D eigenvalue weighted by atomic mass is 19.4. The maximum absolute atomic E-state index is 12.4. The number of rotatable bonds is 5. The number of halogens is 6. The average molecular weight is 448 g/mol. The van der Waals surface area contributed by atoms with Gasteiger partial charge in [-0.25, -0.2) is 0 Å².